The topological polar surface area (TPSA) is 6.48 Å². The Morgan fingerprint density at radius 1 is 0.481 bits per heavy atom. The second kappa shape index (κ2) is 17.4. The van der Waals surface area contributed by atoms with Crippen molar-refractivity contribution in [1.82, 2.24) is 9.80 Å². The highest BCUT2D eigenvalue weighted by molar-refractivity contribution is 4.96. The zero-order chi connectivity index (χ0) is 19.6. The van der Waals surface area contributed by atoms with Gasteiger partial charge in [0, 0.05) is 25.5 Å². The summed E-state index contributed by atoms with van der Waals surface area (Å²) in [5.74, 6) is 0. The lowest BCUT2D eigenvalue weighted by Gasteiger charge is -2.33. The maximum absolute atomic E-state index is 2.63. The first kappa shape index (κ1) is 24.4. The molecule has 1 atom stereocenters. The molecule has 160 valence electrons. The van der Waals surface area contributed by atoms with Crippen LogP contribution in [0.1, 0.15) is 130 Å². The van der Waals surface area contributed by atoms with Gasteiger partial charge in [0.25, 0.3) is 0 Å². The molecular formula is C25H50N2. The Bertz CT molecular complexity index is 339. The van der Waals surface area contributed by atoms with Crippen molar-refractivity contribution >= 4 is 0 Å². The largest absolute Gasteiger partial charge is 0.356 e. The third kappa shape index (κ3) is 11.7. The van der Waals surface area contributed by atoms with E-state index in [1.54, 1.807) is 0 Å². The molecule has 0 fully saturated rings. The van der Waals surface area contributed by atoms with Gasteiger partial charge in [-0.2, -0.15) is 0 Å². The molecule has 0 bridgehead atoms. The van der Waals surface area contributed by atoms with Gasteiger partial charge in [0.1, 0.15) is 6.17 Å². The first-order chi connectivity index (χ1) is 13.3. The Morgan fingerprint density at radius 2 is 0.889 bits per heavy atom. The van der Waals surface area contributed by atoms with Crippen LogP contribution in [0.25, 0.3) is 0 Å². The normalized spacial score (nSPS) is 16.6. The SMILES string of the molecule is CCCCCCCCCCCCCC1N(CCCC)C=CN1CCCCC. The van der Waals surface area contributed by atoms with Gasteiger partial charge in [0.2, 0.25) is 0 Å². The fourth-order valence-electron chi connectivity index (χ4n) is 4.22. The average molecular weight is 379 g/mol. The van der Waals surface area contributed by atoms with Crippen LogP contribution in [0.4, 0.5) is 0 Å². The second-order valence-corrected chi connectivity index (χ2v) is 8.64. The Hall–Kier alpha value is -0.660. The summed E-state index contributed by atoms with van der Waals surface area (Å²) in [6.45, 7) is 9.39. The van der Waals surface area contributed by atoms with Crippen molar-refractivity contribution in [1.29, 1.82) is 0 Å². The fraction of sp³-hybridized carbons (Fsp3) is 0.920. The van der Waals surface area contributed by atoms with Crippen LogP contribution in [0, 0.1) is 0 Å². The Balaban J connectivity index is 2.12. The quantitative estimate of drug-likeness (QED) is 0.209. The van der Waals surface area contributed by atoms with E-state index in [1.165, 1.54) is 122 Å². The monoisotopic (exact) mass is 378 g/mol. The van der Waals surface area contributed by atoms with Gasteiger partial charge in [-0.05, 0) is 25.7 Å². The van der Waals surface area contributed by atoms with Crippen molar-refractivity contribution in [2.24, 2.45) is 0 Å². The van der Waals surface area contributed by atoms with Gasteiger partial charge in [-0.25, -0.2) is 0 Å². The summed E-state index contributed by atoms with van der Waals surface area (Å²) in [7, 11) is 0. The number of nitrogens with zero attached hydrogens (tertiary/aromatic N) is 2. The highest BCUT2D eigenvalue weighted by Gasteiger charge is 2.24. The van der Waals surface area contributed by atoms with Gasteiger partial charge in [0.05, 0.1) is 0 Å². The standard InChI is InChI=1S/C25H50N2/c1-4-7-10-11-12-13-14-15-16-17-18-20-25-26(21-9-6-3)23-24-27(25)22-19-8-5-2/h23-25H,4-22H2,1-3H3. The third-order valence-electron chi connectivity index (χ3n) is 6.07. The summed E-state index contributed by atoms with van der Waals surface area (Å²) in [5.41, 5.74) is 0. The molecule has 0 amide bonds. The second-order valence-electron chi connectivity index (χ2n) is 8.64. The minimum absolute atomic E-state index is 0.645. The van der Waals surface area contributed by atoms with Gasteiger partial charge < -0.3 is 9.80 Å². The Labute approximate surface area is 171 Å². The van der Waals surface area contributed by atoms with Crippen LogP contribution >= 0.6 is 0 Å². The maximum Gasteiger partial charge on any atom is 0.101 e. The van der Waals surface area contributed by atoms with Crippen LogP contribution < -0.4 is 0 Å². The molecule has 2 nitrogen and oxygen atoms in total. The first-order valence-electron chi connectivity index (χ1n) is 12.5. The van der Waals surface area contributed by atoms with Crippen LogP contribution in [-0.2, 0) is 0 Å². The highest BCUT2D eigenvalue weighted by atomic mass is 15.4. The number of hydrogen-bond donors (Lipinski definition) is 0. The predicted molar refractivity (Wildman–Crippen MR) is 122 cm³/mol. The van der Waals surface area contributed by atoms with E-state index in [4.69, 9.17) is 0 Å². The predicted octanol–water partition coefficient (Wildman–Crippen LogP) is 8.09. The van der Waals surface area contributed by atoms with Crippen LogP contribution in [0.3, 0.4) is 0 Å². The van der Waals surface area contributed by atoms with Crippen molar-refractivity contribution < 1.29 is 0 Å². The van der Waals surface area contributed by atoms with Gasteiger partial charge in [-0.3, -0.25) is 0 Å². The summed E-state index contributed by atoms with van der Waals surface area (Å²) in [4.78, 5) is 5.24. The summed E-state index contributed by atoms with van der Waals surface area (Å²) < 4.78 is 0. The van der Waals surface area contributed by atoms with E-state index >= 15 is 0 Å². The van der Waals surface area contributed by atoms with E-state index in [0.717, 1.165) is 0 Å². The van der Waals surface area contributed by atoms with E-state index < -0.39 is 0 Å². The molecule has 27 heavy (non-hydrogen) atoms. The average Bonchev–Trinajstić information content (AvgIpc) is 3.06. The molecule has 0 aromatic rings. The van der Waals surface area contributed by atoms with E-state index in [9.17, 15) is 0 Å². The lowest BCUT2D eigenvalue weighted by Crippen LogP contribution is -2.39. The van der Waals surface area contributed by atoms with Crippen molar-refractivity contribution in [2.45, 2.75) is 136 Å². The van der Waals surface area contributed by atoms with Crippen molar-refractivity contribution in [3.8, 4) is 0 Å². The molecule has 1 heterocycles. The molecular weight excluding hydrogens is 328 g/mol. The molecule has 1 aliphatic heterocycles. The molecule has 1 unspecified atom stereocenters. The lowest BCUT2D eigenvalue weighted by atomic mass is 10.0. The Morgan fingerprint density at radius 3 is 1.41 bits per heavy atom. The van der Waals surface area contributed by atoms with E-state index in [-0.39, 0.29) is 0 Å². The van der Waals surface area contributed by atoms with Crippen molar-refractivity contribution in [3.63, 3.8) is 0 Å². The van der Waals surface area contributed by atoms with Crippen LogP contribution in [-0.4, -0.2) is 29.1 Å². The third-order valence-corrected chi connectivity index (χ3v) is 6.07. The zero-order valence-corrected chi connectivity index (χ0v) is 19.1. The molecule has 0 radical (unpaired) electrons. The molecule has 2 heteroatoms. The van der Waals surface area contributed by atoms with Crippen molar-refractivity contribution in [3.05, 3.63) is 12.4 Å². The van der Waals surface area contributed by atoms with Gasteiger partial charge >= 0.3 is 0 Å². The van der Waals surface area contributed by atoms with E-state index in [0.29, 0.717) is 6.17 Å². The molecule has 0 aromatic carbocycles. The van der Waals surface area contributed by atoms with Gasteiger partial charge in [-0.15, -0.1) is 0 Å². The molecule has 0 N–H and O–H groups in total. The summed E-state index contributed by atoms with van der Waals surface area (Å²) in [6, 6.07) is 0. The van der Waals surface area contributed by atoms with Crippen LogP contribution in [0.5, 0.6) is 0 Å². The lowest BCUT2D eigenvalue weighted by molar-refractivity contribution is 0.136. The number of rotatable bonds is 19. The minimum atomic E-state index is 0.645. The molecule has 0 aliphatic carbocycles. The molecule has 0 spiro atoms. The van der Waals surface area contributed by atoms with Crippen molar-refractivity contribution in [2.75, 3.05) is 13.1 Å². The Kier molecular flexibility index (Phi) is 15.7. The number of hydrogen-bond acceptors (Lipinski definition) is 2. The van der Waals surface area contributed by atoms with Crippen LogP contribution in [0.15, 0.2) is 12.4 Å². The summed E-state index contributed by atoms with van der Waals surface area (Å²) in [6.07, 6.45) is 29.2. The molecule has 1 aliphatic rings. The van der Waals surface area contributed by atoms with E-state index in [2.05, 4.69) is 43.0 Å². The summed E-state index contributed by atoms with van der Waals surface area (Å²) in [5, 5.41) is 0. The molecule has 0 aromatic heterocycles. The summed E-state index contributed by atoms with van der Waals surface area (Å²) >= 11 is 0. The number of unbranched alkanes of at least 4 members (excludes halogenated alkanes) is 13. The first-order valence-corrected chi connectivity index (χ1v) is 12.5. The fourth-order valence-corrected chi connectivity index (χ4v) is 4.22. The highest BCUT2D eigenvalue weighted by Crippen LogP contribution is 2.23. The molecule has 0 saturated carbocycles. The van der Waals surface area contributed by atoms with E-state index in [1.807, 2.05) is 0 Å². The minimum Gasteiger partial charge on any atom is -0.356 e. The van der Waals surface area contributed by atoms with Gasteiger partial charge in [-0.1, -0.05) is 104 Å². The maximum atomic E-state index is 2.63. The van der Waals surface area contributed by atoms with Gasteiger partial charge in [0.15, 0.2) is 0 Å². The van der Waals surface area contributed by atoms with Crippen LogP contribution in [0.2, 0.25) is 0 Å². The smallest absolute Gasteiger partial charge is 0.101 e. The molecule has 0 saturated heterocycles. The molecule has 1 rings (SSSR count). The zero-order valence-electron chi connectivity index (χ0n) is 19.1.